The van der Waals surface area contributed by atoms with Crippen molar-refractivity contribution in [3.8, 4) is 0 Å². The molecular weight excluding hydrogens is 224 g/mol. The molecule has 86 valence electrons. The highest BCUT2D eigenvalue weighted by molar-refractivity contribution is 6.32. The van der Waals surface area contributed by atoms with E-state index >= 15 is 0 Å². The van der Waals surface area contributed by atoms with Crippen molar-refractivity contribution in [1.29, 1.82) is 0 Å². The molecule has 0 bridgehead atoms. The second kappa shape index (κ2) is 4.85. The van der Waals surface area contributed by atoms with E-state index in [2.05, 4.69) is 0 Å². The van der Waals surface area contributed by atoms with Gasteiger partial charge in [-0.2, -0.15) is 0 Å². The van der Waals surface area contributed by atoms with Crippen LogP contribution in [0.15, 0.2) is 18.2 Å². The number of halogens is 1. The zero-order chi connectivity index (χ0) is 11.5. The van der Waals surface area contributed by atoms with E-state index in [1.54, 1.807) is 0 Å². The standard InChI is InChI=1S/C12H15ClN2O/c13-11-4-1-3-10-9(11)5-8-15(12(10)16)7-2-6-14/h1,3-4H,2,5-8,14H2. The van der Waals surface area contributed by atoms with Crippen molar-refractivity contribution in [2.24, 2.45) is 5.73 Å². The normalized spacial score (nSPS) is 15.1. The lowest BCUT2D eigenvalue weighted by Gasteiger charge is -2.28. The van der Waals surface area contributed by atoms with E-state index in [1.807, 2.05) is 23.1 Å². The second-order valence-corrected chi connectivity index (χ2v) is 4.36. The van der Waals surface area contributed by atoms with Gasteiger partial charge in [0.25, 0.3) is 5.91 Å². The van der Waals surface area contributed by atoms with E-state index < -0.39 is 0 Å². The highest BCUT2D eigenvalue weighted by Gasteiger charge is 2.24. The summed E-state index contributed by atoms with van der Waals surface area (Å²) >= 11 is 6.07. The maximum atomic E-state index is 12.1. The quantitative estimate of drug-likeness (QED) is 0.871. The fourth-order valence-electron chi connectivity index (χ4n) is 2.03. The molecule has 3 nitrogen and oxygen atoms in total. The molecule has 0 saturated carbocycles. The predicted molar refractivity (Wildman–Crippen MR) is 64.7 cm³/mol. The minimum atomic E-state index is 0.0807. The zero-order valence-corrected chi connectivity index (χ0v) is 9.83. The minimum absolute atomic E-state index is 0.0807. The number of amides is 1. The maximum absolute atomic E-state index is 12.1. The van der Waals surface area contributed by atoms with Crippen molar-refractivity contribution >= 4 is 17.5 Å². The first-order valence-electron chi connectivity index (χ1n) is 5.50. The summed E-state index contributed by atoms with van der Waals surface area (Å²) in [5, 5.41) is 0.698. The van der Waals surface area contributed by atoms with E-state index in [-0.39, 0.29) is 5.91 Å². The first-order valence-corrected chi connectivity index (χ1v) is 5.88. The van der Waals surface area contributed by atoms with Gasteiger partial charge < -0.3 is 10.6 Å². The van der Waals surface area contributed by atoms with Crippen molar-refractivity contribution < 1.29 is 4.79 Å². The van der Waals surface area contributed by atoms with E-state index in [0.29, 0.717) is 11.6 Å². The third-order valence-electron chi connectivity index (χ3n) is 2.90. The second-order valence-electron chi connectivity index (χ2n) is 3.95. The summed E-state index contributed by atoms with van der Waals surface area (Å²) in [5.74, 6) is 0.0807. The molecule has 1 aromatic carbocycles. The SMILES string of the molecule is NCCCN1CCc2c(Cl)cccc2C1=O. The summed E-state index contributed by atoms with van der Waals surface area (Å²) in [6, 6.07) is 5.51. The molecule has 1 aliphatic heterocycles. The lowest BCUT2D eigenvalue weighted by molar-refractivity contribution is 0.0739. The lowest BCUT2D eigenvalue weighted by Crippen LogP contribution is -2.38. The molecular formula is C12H15ClN2O. The topological polar surface area (TPSA) is 46.3 Å². The Morgan fingerprint density at radius 1 is 1.44 bits per heavy atom. The monoisotopic (exact) mass is 238 g/mol. The first kappa shape index (κ1) is 11.4. The Labute approximate surface area is 100 Å². The Morgan fingerprint density at radius 3 is 3.00 bits per heavy atom. The Balaban J connectivity index is 2.22. The summed E-state index contributed by atoms with van der Waals surface area (Å²) in [6.45, 7) is 2.10. The summed E-state index contributed by atoms with van der Waals surface area (Å²) < 4.78 is 0. The molecule has 0 atom stereocenters. The van der Waals surface area contributed by atoms with Crippen LogP contribution in [0.1, 0.15) is 22.3 Å². The van der Waals surface area contributed by atoms with Crippen LogP contribution in [0.25, 0.3) is 0 Å². The number of fused-ring (bicyclic) bond motifs is 1. The molecule has 0 aliphatic carbocycles. The van der Waals surface area contributed by atoms with Gasteiger partial charge in [0.05, 0.1) is 0 Å². The first-order chi connectivity index (χ1) is 7.74. The number of nitrogens with two attached hydrogens (primary N) is 1. The Kier molecular flexibility index (Phi) is 3.46. The molecule has 0 saturated heterocycles. The van der Waals surface area contributed by atoms with Crippen LogP contribution in [0.5, 0.6) is 0 Å². The van der Waals surface area contributed by atoms with E-state index in [0.717, 1.165) is 37.1 Å². The maximum Gasteiger partial charge on any atom is 0.254 e. The van der Waals surface area contributed by atoms with Crippen LogP contribution in [0.2, 0.25) is 5.02 Å². The average molecular weight is 239 g/mol. The zero-order valence-electron chi connectivity index (χ0n) is 9.08. The van der Waals surface area contributed by atoms with Gasteiger partial charge in [-0.15, -0.1) is 0 Å². The molecule has 0 fully saturated rings. The fraction of sp³-hybridized carbons (Fsp3) is 0.417. The molecule has 1 aliphatic rings. The van der Waals surface area contributed by atoms with Gasteiger partial charge in [0.15, 0.2) is 0 Å². The molecule has 2 N–H and O–H groups in total. The third kappa shape index (κ3) is 2.06. The smallest absolute Gasteiger partial charge is 0.254 e. The molecule has 1 amide bonds. The van der Waals surface area contributed by atoms with Crippen LogP contribution in [0.3, 0.4) is 0 Å². The van der Waals surface area contributed by atoms with Crippen LogP contribution >= 0.6 is 11.6 Å². The molecule has 0 spiro atoms. The van der Waals surface area contributed by atoms with Crippen molar-refractivity contribution in [3.05, 3.63) is 34.3 Å². The number of nitrogens with zero attached hydrogens (tertiary/aromatic N) is 1. The minimum Gasteiger partial charge on any atom is -0.338 e. The summed E-state index contributed by atoms with van der Waals surface area (Å²) in [5.41, 5.74) is 7.18. The Morgan fingerprint density at radius 2 is 2.25 bits per heavy atom. The number of rotatable bonds is 3. The van der Waals surface area contributed by atoms with Gasteiger partial charge in [-0.3, -0.25) is 4.79 Å². The predicted octanol–water partition coefficient (Wildman–Crippen LogP) is 1.69. The van der Waals surface area contributed by atoms with Gasteiger partial charge >= 0.3 is 0 Å². The third-order valence-corrected chi connectivity index (χ3v) is 3.25. The molecule has 4 heteroatoms. The summed E-state index contributed by atoms with van der Waals surface area (Å²) in [6.07, 6.45) is 1.69. The van der Waals surface area contributed by atoms with E-state index in [1.165, 1.54) is 0 Å². The highest BCUT2D eigenvalue weighted by atomic mass is 35.5. The molecule has 16 heavy (non-hydrogen) atoms. The van der Waals surface area contributed by atoms with Gasteiger partial charge in [0.1, 0.15) is 0 Å². The van der Waals surface area contributed by atoms with Crippen molar-refractivity contribution in [1.82, 2.24) is 4.90 Å². The summed E-state index contributed by atoms with van der Waals surface area (Å²) in [7, 11) is 0. The number of carbonyl (C=O) groups is 1. The van der Waals surface area contributed by atoms with Crippen molar-refractivity contribution in [2.75, 3.05) is 19.6 Å². The highest BCUT2D eigenvalue weighted by Crippen LogP contribution is 2.25. The van der Waals surface area contributed by atoms with Gasteiger partial charge in [0, 0.05) is 23.7 Å². The average Bonchev–Trinajstić information content (AvgIpc) is 2.29. The van der Waals surface area contributed by atoms with Crippen LogP contribution in [0.4, 0.5) is 0 Å². The van der Waals surface area contributed by atoms with Crippen LogP contribution in [-0.4, -0.2) is 30.4 Å². The molecule has 2 rings (SSSR count). The number of carbonyl (C=O) groups excluding carboxylic acids is 1. The van der Waals surface area contributed by atoms with E-state index in [4.69, 9.17) is 17.3 Å². The van der Waals surface area contributed by atoms with Crippen LogP contribution < -0.4 is 5.73 Å². The van der Waals surface area contributed by atoms with E-state index in [9.17, 15) is 4.79 Å². The van der Waals surface area contributed by atoms with Crippen molar-refractivity contribution in [3.63, 3.8) is 0 Å². The Bertz CT molecular complexity index is 406. The number of hydrogen-bond acceptors (Lipinski definition) is 2. The molecule has 0 radical (unpaired) electrons. The number of benzene rings is 1. The molecule has 1 aromatic rings. The Hall–Kier alpha value is -1.06. The number of hydrogen-bond donors (Lipinski definition) is 1. The molecule has 1 heterocycles. The fourth-order valence-corrected chi connectivity index (χ4v) is 2.30. The largest absolute Gasteiger partial charge is 0.338 e. The summed E-state index contributed by atoms with van der Waals surface area (Å²) in [4.78, 5) is 14.0. The van der Waals surface area contributed by atoms with Gasteiger partial charge in [-0.1, -0.05) is 17.7 Å². The molecule has 0 aromatic heterocycles. The lowest BCUT2D eigenvalue weighted by atomic mass is 9.99. The van der Waals surface area contributed by atoms with Crippen molar-refractivity contribution in [2.45, 2.75) is 12.8 Å². The van der Waals surface area contributed by atoms with Gasteiger partial charge in [0.2, 0.25) is 0 Å². The van der Waals surface area contributed by atoms with Gasteiger partial charge in [-0.25, -0.2) is 0 Å². The molecule has 0 unspecified atom stereocenters. The van der Waals surface area contributed by atoms with Gasteiger partial charge in [-0.05, 0) is 37.1 Å². The van der Waals surface area contributed by atoms with Crippen LogP contribution in [0, 0.1) is 0 Å². The van der Waals surface area contributed by atoms with Crippen LogP contribution in [-0.2, 0) is 6.42 Å².